The first kappa shape index (κ1) is 20.8. The first-order valence-electron chi connectivity index (χ1n) is 9.42. The van der Waals surface area contributed by atoms with Gasteiger partial charge in [0.15, 0.2) is 0 Å². The topological polar surface area (TPSA) is 73.2 Å². The van der Waals surface area contributed by atoms with Gasteiger partial charge < -0.3 is 10.1 Å². The highest BCUT2D eigenvalue weighted by molar-refractivity contribution is 9.10. The third-order valence-corrected chi connectivity index (χ3v) is 4.77. The minimum absolute atomic E-state index is 0.130. The number of para-hydroxylation sites is 2. The highest BCUT2D eigenvalue weighted by Crippen LogP contribution is 2.24. The first-order chi connectivity index (χ1) is 14.1. The monoisotopic (exact) mass is 455 g/mol. The Kier molecular flexibility index (Phi) is 7.19. The number of nitrogens with one attached hydrogen (secondary N) is 1. The van der Waals surface area contributed by atoms with E-state index >= 15 is 0 Å². The Hall–Kier alpha value is -2.93. The van der Waals surface area contributed by atoms with Crippen molar-refractivity contribution >= 4 is 27.5 Å². The lowest BCUT2D eigenvalue weighted by Gasteiger charge is -2.11. The summed E-state index contributed by atoms with van der Waals surface area (Å²) in [5.74, 6) is 0.512. The third kappa shape index (κ3) is 5.77. The van der Waals surface area contributed by atoms with Gasteiger partial charge in [-0.2, -0.15) is 5.10 Å². The van der Waals surface area contributed by atoms with Gasteiger partial charge >= 0.3 is 0 Å². The maximum absolute atomic E-state index is 12.3. The number of carbonyl (C=O) groups excluding carboxylic acids is 1. The van der Waals surface area contributed by atoms with Crippen LogP contribution in [0.3, 0.4) is 0 Å². The molecule has 29 heavy (non-hydrogen) atoms. The molecule has 0 bridgehead atoms. The summed E-state index contributed by atoms with van der Waals surface area (Å²) >= 11 is 3.41. The van der Waals surface area contributed by atoms with E-state index in [1.807, 2.05) is 49.4 Å². The number of amides is 1. The molecule has 0 aliphatic heterocycles. The van der Waals surface area contributed by atoms with Crippen LogP contribution in [0, 0.1) is 0 Å². The van der Waals surface area contributed by atoms with Gasteiger partial charge in [-0.15, -0.1) is 0 Å². The van der Waals surface area contributed by atoms with E-state index in [2.05, 4.69) is 26.3 Å². The van der Waals surface area contributed by atoms with Crippen LogP contribution in [0.5, 0.6) is 5.75 Å². The number of carbonyl (C=O) groups is 1. The molecule has 2 aromatic carbocycles. The van der Waals surface area contributed by atoms with Gasteiger partial charge in [0, 0.05) is 29.1 Å². The molecule has 0 radical (unpaired) electrons. The number of nitrogens with zero attached hydrogens (tertiary/aromatic N) is 2. The second-order valence-electron chi connectivity index (χ2n) is 6.37. The highest BCUT2D eigenvalue weighted by atomic mass is 79.9. The quantitative estimate of drug-likeness (QED) is 0.542. The summed E-state index contributed by atoms with van der Waals surface area (Å²) < 4.78 is 7.90. The summed E-state index contributed by atoms with van der Waals surface area (Å²) in [5.41, 5.74) is 2.10. The second-order valence-corrected chi connectivity index (χ2v) is 7.28. The van der Waals surface area contributed by atoms with Crippen LogP contribution in [0.15, 0.2) is 69.9 Å². The van der Waals surface area contributed by atoms with E-state index in [-0.39, 0.29) is 17.9 Å². The van der Waals surface area contributed by atoms with Gasteiger partial charge in [-0.05, 0) is 43.7 Å². The molecule has 6 nitrogen and oxygen atoms in total. The molecule has 1 amide bonds. The summed E-state index contributed by atoms with van der Waals surface area (Å²) in [6.45, 7) is 2.78. The molecule has 0 spiro atoms. The normalized spacial score (nSPS) is 10.6. The fourth-order valence-corrected chi connectivity index (χ4v) is 3.10. The Bertz CT molecular complexity index is 1030. The minimum atomic E-state index is -0.187. The number of ether oxygens (including phenoxy) is 1. The lowest BCUT2D eigenvalue weighted by atomic mass is 10.1. The average molecular weight is 456 g/mol. The molecule has 0 saturated carbocycles. The van der Waals surface area contributed by atoms with Crippen molar-refractivity contribution in [2.75, 3.05) is 11.9 Å². The van der Waals surface area contributed by atoms with Crippen LogP contribution >= 0.6 is 15.9 Å². The van der Waals surface area contributed by atoms with Crippen LogP contribution in [-0.4, -0.2) is 22.3 Å². The predicted octanol–water partition coefficient (Wildman–Crippen LogP) is 4.49. The van der Waals surface area contributed by atoms with Crippen LogP contribution in [0.2, 0.25) is 0 Å². The van der Waals surface area contributed by atoms with Crippen molar-refractivity contribution in [1.82, 2.24) is 9.78 Å². The van der Waals surface area contributed by atoms with Crippen molar-refractivity contribution in [1.29, 1.82) is 0 Å². The van der Waals surface area contributed by atoms with E-state index in [1.54, 1.807) is 12.1 Å². The van der Waals surface area contributed by atoms with Gasteiger partial charge in [0.05, 0.1) is 18.0 Å². The highest BCUT2D eigenvalue weighted by Gasteiger charge is 2.09. The van der Waals surface area contributed by atoms with Crippen molar-refractivity contribution in [2.24, 2.45) is 0 Å². The van der Waals surface area contributed by atoms with Gasteiger partial charge in [0.2, 0.25) is 5.91 Å². The van der Waals surface area contributed by atoms with Crippen LogP contribution in [-0.2, 0) is 11.3 Å². The van der Waals surface area contributed by atoms with Crippen molar-refractivity contribution in [2.45, 2.75) is 26.3 Å². The molecule has 150 valence electrons. The number of benzene rings is 2. The fourth-order valence-electron chi connectivity index (χ4n) is 2.84. The molecular formula is C22H22BrN3O3. The average Bonchev–Trinajstić information content (AvgIpc) is 2.72. The van der Waals surface area contributed by atoms with E-state index < -0.39 is 0 Å². The maximum Gasteiger partial charge on any atom is 0.266 e. The molecular weight excluding hydrogens is 434 g/mol. The molecule has 3 rings (SSSR count). The number of halogens is 1. The lowest BCUT2D eigenvalue weighted by molar-refractivity contribution is -0.116. The Balaban J connectivity index is 1.60. The van der Waals surface area contributed by atoms with Gasteiger partial charge in [-0.25, -0.2) is 4.68 Å². The molecule has 1 aromatic heterocycles. The fraction of sp³-hybridized carbons (Fsp3) is 0.227. The maximum atomic E-state index is 12.3. The second kappa shape index (κ2) is 10.0. The smallest absolute Gasteiger partial charge is 0.266 e. The van der Waals surface area contributed by atoms with E-state index in [0.29, 0.717) is 36.7 Å². The SMILES string of the molecule is CCOc1ccccc1NC(=O)CCCn1nc(-c2ccc(Br)cc2)ccc1=O. The molecule has 3 aromatic rings. The lowest BCUT2D eigenvalue weighted by Crippen LogP contribution is -2.23. The molecule has 0 unspecified atom stereocenters. The zero-order valence-electron chi connectivity index (χ0n) is 16.1. The number of hydrogen-bond acceptors (Lipinski definition) is 4. The third-order valence-electron chi connectivity index (χ3n) is 4.24. The summed E-state index contributed by atoms with van der Waals surface area (Å²) in [7, 11) is 0. The van der Waals surface area contributed by atoms with Gasteiger partial charge in [0.25, 0.3) is 5.56 Å². The van der Waals surface area contributed by atoms with E-state index in [4.69, 9.17) is 4.74 Å². The molecule has 7 heteroatoms. The van der Waals surface area contributed by atoms with Gasteiger partial charge in [-0.3, -0.25) is 9.59 Å². The zero-order chi connectivity index (χ0) is 20.6. The van der Waals surface area contributed by atoms with Crippen molar-refractivity contribution < 1.29 is 9.53 Å². The minimum Gasteiger partial charge on any atom is -0.492 e. The summed E-state index contributed by atoms with van der Waals surface area (Å²) in [4.78, 5) is 24.4. The molecule has 0 atom stereocenters. The van der Waals surface area contributed by atoms with Gasteiger partial charge in [0.1, 0.15) is 5.75 Å². The van der Waals surface area contributed by atoms with E-state index in [9.17, 15) is 9.59 Å². The molecule has 0 fully saturated rings. The van der Waals surface area contributed by atoms with Crippen LogP contribution < -0.4 is 15.6 Å². The zero-order valence-corrected chi connectivity index (χ0v) is 17.7. The summed E-state index contributed by atoms with van der Waals surface area (Å²) in [5, 5.41) is 7.29. The Morgan fingerprint density at radius 2 is 1.86 bits per heavy atom. The molecule has 0 saturated heterocycles. The van der Waals surface area contributed by atoms with Crippen LogP contribution in [0.4, 0.5) is 5.69 Å². The molecule has 0 aliphatic carbocycles. The first-order valence-corrected chi connectivity index (χ1v) is 10.2. The summed E-state index contributed by atoms with van der Waals surface area (Å²) in [6.07, 6.45) is 0.774. The van der Waals surface area contributed by atoms with Crippen molar-refractivity contribution in [3.05, 3.63) is 75.5 Å². The number of anilines is 1. The molecule has 1 heterocycles. The number of aromatic nitrogens is 2. The Morgan fingerprint density at radius 3 is 2.62 bits per heavy atom. The standard InChI is InChI=1S/C22H22BrN3O3/c1-2-29-20-7-4-3-6-19(20)24-21(27)8-5-15-26-22(28)14-13-18(25-26)16-9-11-17(23)12-10-16/h3-4,6-7,9-14H,2,5,8,15H2,1H3,(H,24,27). The van der Waals surface area contributed by atoms with Crippen molar-refractivity contribution in [3.63, 3.8) is 0 Å². The number of hydrogen-bond donors (Lipinski definition) is 1. The Labute approximate surface area is 177 Å². The predicted molar refractivity (Wildman–Crippen MR) is 117 cm³/mol. The van der Waals surface area contributed by atoms with E-state index in [0.717, 1.165) is 10.0 Å². The van der Waals surface area contributed by atoms with Crippen LogP contribution in [0.1, 0.15) is 19.8 Å². The summed E-state index contributed by atoms with van der Waals surface area (Å²) in [6, 6.07) is 18.3. The van der Waals surface area contributed by atoms with Gasteiger partial charge in [-0.1, -0.05) is 40.2 Å². The van der Waals surface area contributed by atoms with Crippen molar-refractivity contribution in [3.8, 4) is 17.0 Å². The largest absolute Gasteiger partial charge is 0.492 e. The van der Waals surface area contributed by atoms with E-state index in [1.165, 1.54) is 10.7 Å². The van der Waals surface area contributed by atoms with Crippen LogP contribution in [0.25, 0.3) is 11.3 Å². The Morgan fingerprint density at radius 1 is 1.10 bits per heavy atom. The molecule has 0 aliphatic rings. The number of rotatable bonds is 8. The molecule has 1 N–H and O–H groups in total. The number of aryl methyl sites for hydroxylation is 1.